The molecule has 0 aromatic heterocycles. The second-order valence-corrected chi connectivity index (χ2v) is 4.52. The molecule has 1 aromatic rings. The van der Waals surface area contributed by atoms with Crippen molar-refractivity contribution in [1.82, 2.24) is 0 Å². The fourth-order valence-corrected chi connectivity index (χ4v) is 1.70. The van der Waals surface area contributed by atoms with Gasteiger partial charge in [-0.15, -0.1) is 0 Å². The Morgan fingerprint density at radius 1 is 1.41 bits per heavy atom. The summed E-state index contributed by atoms with van der Waals surface area (Å²) in [4.78, 5) is 9.39. The number of benzene rings is 1. The van der Waals surface area contributed by atoms with Gasteiger partial charge in [-0.3, -0.25) is 4.79 Å². The topological polar surface area (TPSA) is 38.3 Å². The van der Waals surface area contributed by atoms with Gasteiger partial charge in [0.05, 0.1) is 6.10 Å². The number of hydrogen-bond donors (Lipinski definition) is 1. The molecule has 3 nitrogen and oxygen atoms in total. The summed E-state index contributed by atoms with van der Waals surface area (Å²) in [5.74, 6) is 0. The second kappa shape index (κ2) is 6.94. The van der Waals surface area contributed by atoms with Crippen LogP contribution in [0.15, 0.2) is 24.3 Å². The number of fused-ring (bicyclic) bond motifs is 1. The summed E-state index contributed by atoms with van der Waals surface area (Å²) in [5.41, 5.74) is 2.79. The van der Waals surface area contributed by atoms with Crippen LogP contribution in [0.4, 0.5) is 5.69 Å². The minimum absolute atomic E-state index is 0.0301. The number of nitrogens with one attached hydrogen (secondary N) is 1. The van der Waals surface area contributed by atoms with Gasteiger partial charge in [-0.2, -0.15) is 0 Å². The van der Waals surface area contributed by atoms with Gasteiger partial charge in [-0.25, -0.2) is 0 Å². The van der Waals surface area contributed by atoms with Crippen molar-refractivity contribution in [3.63, 3.8) is 0 Å². The number of carbonyl (C=O) groups is 1. The molecular weight excluding hydrogens is 214 g/mol. The summed E-state index contributed by atoms with van der Waals surface area (Å²) in [6, 6.07) is 9.20. The first kappa shape index (κ1) is 13.6. The first-order valence-electron chi connectivity index (χ1n) is 6.07. The lowest BCUT2D eigenvalue weighted by molar-refractivity contribution is -0.131. The van der Waals surface area contributed by atoms with Crippen molar-refractivity contribution >= 4 is 12.2 Å². The van der Waals surface area contributed by atoms with E-state index in [1.807, 2.05) is 0 Å². The van der Waals surface area contributed by atoms with Crippen LogP contribution in [0.1, 0.15) is 32.8 Å². The Morgan fingerprint density at radius 2 is 2.12 bits per heavy atom. The summed E-state index contributed by atoms with van der Waals surface area (Å²) in [7, 11) is 0. The Labute approximate surface area is 103 Å². The highest BCUT2D eigenvalue weighted by atomic mass is 16.5. The van der Waals surface area contributed by atoms with Crippen molar-refractivity contribution in [2.75, 3.05) is 5.32 Å². The first-order chi connectivity index (χ1) is 8.13. The quantitative estimate of drug-likeness (QED) is 0.801. The lowest BCUT2D eigenvalue weighted by Gasteiger charge is -2.23. The summed E-state index contributed by atoms with van der Waals surface area (Å²) >= 11 is 0. The molecule has 1 N–H and O–H groups in total. The Kier molecular flexibility index (Phi) is 5.53. The molecule has 1 heterocycles. The smallest absolute Gasteiger partial charge is 0.293 e. The third kappa shape index (κ3) is 4.89. The Balaban J connectivity index is 0.000000209. The van der Waals surface area contributed by atoms with Gasteiger partial charge in [-0.05, 0) is 45.2 Å². The molecule has 17 heavy (non-hydrogen) atoms. The standard InChI is InChI=1S/C10H13N.C4H8O2/c1-8-6-7-9-4-2-3-5-10(9)11-8;1-4(2)6-3-5/h2-5,8,11H,6-7H2,1H3;3-4H,1-2H3. The van der Waals surface area contributed by atoms with Crippen molar-refractivity contribution in [2.45, 2.75) is 45.8 Å². The number of anilines is 1. The predicted octanol–water partition coefficient (Wildman–Crippen LogP) is 3.00. The molecule has 0 bridgehead atoms. The lowest BCUT2D eigenvalue weighted by Crippen LogP contribution is -2.21. The van der Waals surface area contributed by atoms with Crippen molar-refractivity contribution in [3.8, 4) is 0 Å². The third-order valence-electron chi connectivity index (χ3n) is 2.59. The van der Waals surface area contributed by atoms with Crippen LogP contribution < -0.4 is 5.32 Å². The van der Waals surface area contributed by atoms with Crippen molar-refractivity contribution in [3.05, 3.63) is 29.8 Å². The van der Waals surface area contributed by atoms with E-state index in [1.165, 1.54) is 24.1 Å². The Hall–Kier alpha value is -1.51. The third-order valence-corrected chi connectivity index (χ3v) is 2.59. The maximum atomic E-state index is 9.39. The van der Waals surface area contributed by atoms with E-state index in [0.29, 0.717) is 12.5 Å². The van der Waals surface area contributed by atoms with E-state index in [0.717, 1.165) is 0 Å². The molecule has 1 aromatic carbocycles. The molecule has 94 valence electrons. The summed E-state index contributed by atoms with van der Waals surface area (Å²) in [6.45, 7) is 6.28. The van der Waals surface area contributed by atoms with Gasteiger partial charge in [0.2, 0.25) is 0 Å². The molecule has 2 rings (SSSR count). The van der Waals surface area contributed by atoms with E-state index in [-0.39, 0.29) is 6.10 Å². The van der Waals surface area contributed by atoms with Crippen LogP contribution in [0.25, 0.3) is 0 Å². The summed E-state index contributed by atoms with van der Waals surface area (Å²) in [5, 5.41) is 3.46. The van der Waals surface area contributed by atoms with Crippen molar-refractivity contribution in [1.29, 1.82) is 0 Å². The molecule has 0 amide bonds. The zero-order chi connectivity index (χ0) is 12.7. The number of aryl methyl sites for hydroxylation is 1. The van der Waals surface area contributed by atoms with E-state index in [4.69, 9.17) is 0 Å². The molecular formula is C14H21NO2. The number of para-hydroxylation sites is 1. The van der Waals surface area contributed by atoms with E-state index < -0.39 is 0 Å². The molecule has 1 atom stereocenters. The summed E-state index contributed by atoms with van der Waals surface area (Å²) < 4.78 is 4.36. The average Bonchev–Trinajstić information content (AvgIpc) is 2.29. The monoisotopic (exact) mass is 235 g/mol. The minimum atomic E-state index is 0.0301. The minimum Gasteiger partial charge on any atom is -0.465 e. The second-order valence-electron chi connectivity index (χ2n) is 4.52. The Morgan fingerprint density at radius 3 is 2.71 bits per heavy atom. The molecule has 3 heteroatoms. The van der Waals surface area contributed by atoms with Crippen LogP contribution in [0, 0.1) is 0 Å². The Bertz CT molecular complexity index is 350. The molecule has 1 aliphatic rings. The fraction of sp³-hybridized carbons (Fsp3) is 0.500. The van der Waals surface area contributed by atoms with Crippen LogP contribution in [0.5, 0.6) is 0 Å². The number of carbonyl (C=O) groups excluding carboxylic acids is 1. The maximum absolute atomic E-state index is 9.39. The number of ether oxygens (including phenoxy) is 1. The zero-order valence-corrected chi connectivity index (χ0v) is 10.8. The van der Waals surface area contributed by atoms with Crippen LogP contribution in [-0.2, 0) is 16.0 Å². The van der Waals surface area contributed by atoms with Crippen molar-refractivity contribution < 1.29 is 9.53 Å². The molecule has 0 saturated heterocycles. The molecule has 0 fully saturated rings. The van der Waals surface area contributed by atoms with Gasteiger partial charge < -0.3 is 10.1 Å². The highest BCUT2D eigenvalue weighted by Gasteiger charge is 2.11. The van der Waals surface area contributed by atoms with Gasteiger partial charge in [-0.1, -0.05) is 18.2 Å². The van der Waals surface area contributed by atoms with Crippen LogP contribution in [0.2, 0.25) is 0 Å². The van der Waals surface area contributed by atoms with Gasteiger partial charge in [0.1, 0.15) is 0 Å². The molecule has 0 radical (unpaired) electrons. The zero-order valence-electron chi connectivity index (χ0n) is 10.8. The number of rotatable bonds is 2. The predicted molar refractivity (Wildman–Crippen MR) is 70.1 cm³/mol. The van der Waals surface area contributed by atoms with Crippen LogP contribution in [0.3, 0.4) is 0 Å². The van der Waals surface area contributed by atoms with Crippen molar-refractivity contribution in [2.24, 2.45) is 0 Å². The van der Waals surface area contributed by atoms with Crippen LogP contribution in [-0.4, -0.2) is 18.6 Å². The van der Waals surface area contributed by atoms with Crippen LogP contribution >= 0.6 is 0 Å². The van der Waals surface area contributed by atoms with E-state index in [1.54, 1.807) is 13.8 Å². The molecule has 0 spiro atoms. The van der Waals surface area contributed by atoms with E-state index in [2.05, 4.69) is 41.2 Å². The molecule has 1 unspecified atom stereocenters. The largest absolute Gasteiger partial charge is 0.465 e. The first-order valence-corrected chi connectivity index (χ1v) is 6.07. The van der Waals surface area contributed by atoms with Gasteiger partial charge in [0.15, 0.2) is 0 Å². The molecule has 0 saturated carbocycles. The highest BCUT2D eigenvalue weighted by molar-refractivity contribution is 5.53. The fourth-order valence-electron chi connectivity index (χ4n) is 1.70. The maximum Gasteiger partial charge on any atom is 0.293 e. The molecule has 0 aliphatic carbocycles. The van der Waals surface area contributed by atoms with E-state index in [9.17, 15) is 4.79 Å². The van der Waals surface area contributed by atoms with Gasteiger partial charge in [0, 0.05) is 11.7 Å². The average molecular weight is 235 g/mol. The summed E-state index contributed by atoms with van der Waals surface area (Å²) in [6.07, 6.45) is 2.52. The highest BCUT2D eigenvalue weighted by Crippen LogP contribution is 2.23. The molecule has 1 aliphatic heterocycles. The lowest BCUT2D eigenvalue weighted by atomic mass is 9.99. The van der Waals surface area contributed by atoms with E-state index >= 15 is 0 Å². The van der Waals surface area contributed by atoms with Gasteiger partial charge in [0.25, 0.3) is 6.47 Å². The van der Waals surface area contributed by atoms with Gasteiger partial charge >= 0.3 is 0 Å². The number of hydrogen-bond acceptors (Lipinski definition) is 3. The SMILES string of the molecule is CC(C)OC=O.CC1CCc2ccccc2N1. The normalized spacial score (nSPS) is 17.3.